The molecule has 1 aliphatic heterocycles. The fourth-order valence-corrected chi connectivity index (χ4v) is 3.49. The van der Waals surface area contributed by atoms with Gasteiger partial charge in [-0.25, -0.2) is 14.3 Å². The highest BCUT2D eigenvalue weighted by molar-refractivity contribution is 5.89. The van der Waals surface area contributed by atoms with Crippen molar-refractivity contribution in [2.24, 2.45) is 7.05 Å². The van der Waals surface area contributed by atoms with E-state index in [1.54, 1.807) is 45.7 Å². The van der Waals surface area contributed by atoms with Crippen LogP contribution in [0.2, 0.25) is 0 Å². The molecule has 2 atom stereocenters. The van der Waals surface area contributed by atoms with Crippen LogP contribution in [0.15, 0.2) is 36.9 Å². The van der Waals surface area contributed by atoms with Gasteiger partial charge in [-0.3, -0.25) is 9.48 Å². The molecule has 4 heterocycles. The molecule has 0 aliphatic carbocycles. The van der Waals surface area contributed by atoms with Gasteiger partial charge in [0.05, 0.1) is 29.7 Å². The number of nitrogens with one attached hydrogen (secondary N) is 2. The number of amides is 3. The molecule has 0 saturated carbocycles. The summed E-state index contributed by atoms with van der Waals surface area (Å²) >= 11 is 0. The Morgan fingerprint density at radius 2 is 2.07 bits per heavy atom. The maximum absolute atomic E-state index is 12.5. The molecule has 10 heteroatoms. The van der Waals surface area contributed by atoms with Crippen LogP contribution in [0, 0.1) is 0 Å². The van der Waals surface area contributed by atoms with Crippen molar-refractivity contribution in [3.05, 3.63) is 42.6 Å². The summed E-state index contributed by atoms with van der Waals surface area (Å²) in [4.78, 5) is 30.5. The lowest BCUT2D eigenvalue weighted by molar-refractivity contribution is -0.136. The normalized spacial score (nSPS) is 20.1. The Bertz CT molecular complexity index is 994. The van der Waals surface area contributed by atoms with Crippen molar-refractivity contribution in [1.29, 1.82) is 0 Å². The minimum atomic E-state index is -0.339. The Kier molecular flexibility index (Phi) is 4.22. The van der Waals surface area contributed by atoms with Crippen molar-refractivity contribution in [2.75, 3.05) is 12.4 Å². The second-order valence-electron chi connectivity index (χ2n) is 6.55. The third-order valence-corrected chi connectivity index (χ3v) is 4.87. The number of urea groups is 1. The van der Waals surface area contributed by atoms with Crippen LogP contribution in [-0.2, 0) is 11.8 Å². The van der Waals surface area contributed by atoms with E-state index in [9.17, 15) is 9.59 Å². The zero-order chi connectivity index (χ0) is 19.0. The third-order valence-electron chi connectivity index (χ3n) is 4.87. The fraction of sp³-hybridized carbons (Fsp3) is 0.353. The summed E-state index contributed by atoms with van der Waals surface area (Å²) in [6, 6.07) is 4.56. The number of fused-ring (bicyclic) bond motifs is 1. The molecule has 1 aliphatic rings. The maximum atomic E-state index is 12.5. The molecule has 27 heavy (non-hydrogen) atoms. The molecule has 0 spiro atoms. The Morgan fingerprint density at radius 3 is 2.85 bits per heavy atom. The average molecular weight is 368 g/mol. The first-order chi connectivity index (χ1) is 13.0. The van der Waals surface area contributed by atoms with Crippen molar-refractivity contribution in [1.82, 2.24) is 34.6 Å². The molecule has 3 aromatic heterocycles. The molecule has 0 aromatic carbocycles. The van der Waals surface area contributed by atoms with E-state index in [2.05, 4.69) is 25.8 Å². The van der Waals surface area contributed by atoms with E-state index in [4.69, 9.17) is 0 Å². The number of aromatic nitrogens is 5. The Hall–Kier alpha value is -3.43. The number of rotatable bonds is 3. The van der Waals surface area contributed by atoms with Gasteiger partial charge in [0.2, 0.25) is 5.91 Å². The molecule has 10 nitrogen and oxygen atoms in total. The van der Waals surface area contributed by atoms with E-state index in [0.717, 1.165) is 5.69 Å². The molecule has 1 saturated heterocycles. The van der Waals surface area contributed by atoms with Gasteiger partial charge in [0, 0.05) is 26.7 Å². The predicted molar refractivity (Wildman–Crippen MR) is 96.9 cm³/mol. The van der Waals surface area contributed by atoms with Crippen LogP contribution in [0.25, 0.3) is 5.65 Å². The monoisotopic (exact) mass is 368 g/mol. The summed E-state index contributed by atoms with van der Waals surface area (Å²) in [6.45, 7) is 0. The third kappa shape index (κ3) is 3.21. The van der Waals surface area contributed by atoms with Crippen molar-refractivity contribution in [3.8, 4) is 0 Å². The molecule has 4 rings (SSSR count). The first-order valence-electron chi connectivity index (χ1n) is 8.63. The first-order valence-corrected chi connectivity index (χ1v) is 8.63. The van der Waals surface area contributed by atoms with Gasteiger partial charge in [-0.05, 0) is 24.6 Å². The molecule has 0 bridgehead atoms. The van der Waals surface area contributed by atoms with E-state index in [0.29, 0.717) is 24.2 Å². The van der Waals surface area contributed by atoms with Crippen LogP contribution < -0.4 is 10.6 Å². The van der Waals surface area contributed by atoms with E-state index < -0.39 is 0 Å². The Labute approximate surface area is 155 Å². The first kappa shape index (κ1) is 17.0. The van der Waals surface area contributed by atoms with Crippen LogP contribution in [-0.4, -0.2) is 54.3 Å². The van der Waals surface area contributed by atoms with Crippen molar-refractivity contribution < 1.29 is 9.59 Å². The fourth-order valence-electron chi connectivity index (χ4n) is 3.49. The van der Waals surface area contributed by atoms with Crippen LogP contribution in [0.3, 0.4) is 0 Å². The topological polar surface area (TPSA) is 109 Å². The minimum Gasteiger partial charge on any atom is -0.335 e. The van der Waals surface area contributed by atoms with Gasteiger partial charge in [-0.1, -0.05) is 0 Å². The summed E-state index contributed by atoms with van der Waals surface area (Å²) in [6.07, 6.45) is 5.78. The van der Waals surface area contributed by atoms with Crippen molar-refractivity contribution >= 4 is 23.3 Å². The standard InChI is InChI=1S/C17H20N8O2/c1-23-15(26)6-4-12(16(23)13-7-8-19-24(13)2)22-17(27)21-11-3-5-14-18-10-20-25(14)9-11/h3,5,7-10,12,16H,4,6H2,1-2H3,(H2,21,22,27)/t12-,16-/m1/s1. The summed E-state index contributed by atoms with van der Waals surface area (Å²) in [5, 5.41) is 14.1. The summed E-state index contributed by atoms with van der Waals surface area (Å²) in [5.41, 5.74) is 2.17. The minimum absolute atomic E-state index is 0.0521. The summed E-state index contributed by atoms with van der Waals surface area (Å²) < 4.78 is 3.31. The van der Waals surface area contributed by atoms with Gasteiger partial charge in [-0.15, -0.1) is 0 Å². The Morgan fingerprint density at radius 1 is 1.22 bits per heavy atom. The average Bonchev–Trinajstić information content (AvgIpc) is 3.27. The number of likely N-dealkylation sites (tertiary alicyclic amines) is 1. The zero-order valence-corrected chi connectivity index (χ0v) is 15.0. The van der Waals surface area contributed by atoms with Crippen molar-refractivity contribution in [3.63, 3.8) is 0 Å². The van der Waals surface area contributed by atoms with E-state index in [1.165, 1.54) is 6.33 Å². The van der Waals surface area contributed by atoms with Gasteiger partial charge < -0.3 is 15.5 Å². The molecular formula is C17H20N8O2. The smallest absolute Gasteiger partial charge is 0.319 e. The highest BCUT2D eigenvalue weighted by Crippen LogP contribution is 2.30. The van der Waals surface area contributed by atoms with Gasteiger partial charge in [0.1, 0.15) is 6.33 Å². The second-order valence-corrected chi connectivity index (χ2v) is 6.55. The maximum Gasteiger partial charge on any atom is 0.319 e. The largest absolute Gasteiger partial charge is 0.335 e. The summed E-state index contributed by atoms with van der Waals surface area (Å²) in [7, 11) is 3.58. The van der Waals surface area contributed by atoms with Crippen LogP contribution in [0.1, 0.15) is 24.6 Å². The highest BCUT2D eigenvalue weighted by Gasteiger charge is 2.37. The molecular weight excluding hydrogens is 348 g/mol. The summed E-state index contributed by atoms with van der Waals surface area (Å²) in [5.74, 6) is 0.0521. The SMILES string of the molecule is CN1C(=O)CC[C@@H](NC(=O)Nc2ccc3ncnn3c2)[C@@H]1c1ccnn1C. The number of carbonyl (C=O) groups is 2. The molecule has 3 amide bonds. The number of piperidine rings is 1. The number of carbonyl (C=O) groups excluding carboxylic acids is 2. The molecule has 3 aromatic rings. The predicted octanol–water partition coefficient (Wildman–Crippen LogP) is 0.946. The van der Waals surface area contributed by atoms with Crippen molar-refractivity contribution in [2.45, 2.75) is 24.9 Å². The number of hydrogen-bond donors (Lipinski definition) is 2. The molecule has 0 unspecified atom stereocenters. The van der Waals surface area contributed by atoms with Crippen LogP contribution >= 0.6 is 0 Å². The van der Waals surface area contributed by atoms with Crippen LogP contribution in [0.5, 0.6) is 0 Å². The number of pyridine rings is 1. The second kappa shape index (κ2) is 6.71. The van der Waals surface area contributed by atoms with E-state index in [-0.39, 0.29) is 24.0 Å². The lowest BCUT2D eigenvalue weighted by Gasteiger charge is -2.39. The van der Waals surface area contributed by atoms with Crippen LogP contribution in [0.4, 0.5) is 10.5 Å². The number of anilines is 1. The lowest BCUT2D eigenvalue weighted by atomic mass is 9.93. The number of nitrogens with zero attached hydrogens (tertiary/aromatic N) is 6. The molecule has 1 fully saturated rings. The van der Waals surface area contributed by atoms with Gasteiger partial charge in [-0.2, -0.15) is 10.2 Å². The lowest BCUT2D eigenvalue weighted by Crippen LogP contribution is -2.52. The Balaban J connectivity index is 1.51. The zero-order valence-electron chi connectivity index (χ0n) is 15.0. The number of likely N-dealkylation sites (N-methyl/N-ethyl adjacent to an activating group) is 1. The number of aryl methyl sites for hydroxylation is 1. The molecule has 140 valence electrons. The molecule has 0 radical (unpaired) electrons. The van der Waals surface area contributed by atoms with E-state index in [1.807, 2.05) is 13.1 Å². The highest BCUT2D eigenvalue weighted by atomic mass is 16.2. The molecule has 2 N–H and O–H groups in total. The number of hydrogen-bond acceptors (Lipinski definition) is 5. The van der Waals surface area contributed by atoms with Gasteiger partial charge in [0.25, 0.3) is 0 Å². The quantitative estimate of drug-likeness (QED) is 0.715. The van der Waals surface area contributed by atoms with Gasteiger partial charge in [0.15, 0.2) is 5.65 Å². The van der Waals surface area contributed by atoms with Gasteiger partial charge >= 0.3 is 6.03 Å². The van der Waals surface area contributed by atoms with E-state index >= 15 is 0 Å².